The Morgan fingerprint density at radius 1 is 0.500 bits per heavy atom. The van der Waals surface area contributed by atoms with Crippen LogP contribution >= 0.6 is 0 Å². The average Bonchev–Trinajstić information content (AvgIpc) is 3.25. The molecule has 1 amide bonds. The maximum Gasteiger partial charge on any atom is 0.220 e. The van der Waals surface area contributed by atoms with Gasteiger partial charge < -0.3 is 40.3 Å². The van der Waals surface area contributed by atoms with Gasteiger partial charge in [0.15, 0.2) is 6.29 Å². The van der Waals surface area contributed by atoms with Gasteiger partial charge in [0.2, 0.25) is 5.91 Å². The second-order valence-corrected chi connectivity index (χ2v) is 18.7. The molecule has 0 aromatic rings. The Hall–Kier alpha value is -0.810. The van der Waals surface area contributed by atoms with Crippen LogP contribution in [-0.2, 0) is 14.3 Å². The molecule has 7 unspecified atom stereocenters. The van der Waals surface area contributed by atoms with Crippen molar-refractivity contribution < 1.29 is 39.8 Å². The van der Waals surface area contributed by atoms with Crippen LogP contribution in [0.4, 0.5) is 0 Å². The molecule has 0 saturated carbocycles. The minimum absolute atomic E-state index is 0.131. The molecule has 60 heavy (non-hydrogen) atoms. The normalized spacial score (nSPS) is 20.4. The van der Waals surface area contributed by atoms with E-state index in [0.29, 0.717) is 12.8 Å². The summed E-state index contributed by atoms with van der Waals surface area (Å²) in [6.07, 6.45) is 41.2. The number of hydrogen-bond acceptors (Lipinski definition) is 8. The SMILES string of the molecule is CCCCCCCCCCCCCCCCCCCCCCCCCC(O)C(COC1OC(CO)C(O)C(O)C1O)NC(=O)CCCCCCCCCCCCCCCC. The maximum atomic E-state index is 13.0. The van der Waals surface area contributed by atoms with Gasteiger partial charge in [-0.05, 0) is 12.8 Å². The van der Waals surface area contributed by atoms with E-state index in [1.54, 1.807) is 0 Å². The van der Waals surface area contributed by atoms with Crippen LogP contribution in [0.1, 0.15) is 264 Å². The number of carbonyl (C=O) groups is 1. The molecule has 1 aliphatic rings. The third kappa shape index (κ3) is 31.9. The first-order chi connectivity index (χ1) is 29.3. The van der Waals surface area contributed by atoms with Crippen LogP contribution in [0.25, 0.3) is 0 Å². The van der Waals surface area contributed by atoms with Crippen LogP contribution in [0.2, 0.25) is 0 Å². The molecule has 0 aliphatic carbocycles. The van der Waals surface area contributed by atoms with E-state index in [2.05, 4.69) is 19.2 Å². The van der Waals surface area contributed by atoms with E-state index < -0.39 is 49.5 Å². The first-order valence-corrected chi connectivity index (χ1v) is 26.2. The number of hydrogen-bond donors (Lipinski definition) is 6. The molecular weight excluding hydrogens is 755 g/mol. The predicted octanol–water partition coefficient (Wildman–Crippen LogP) is 11.9. The van der Waals surface area contributed by atoms with Crippen molar-refractivity contribution >= 4 is 5.91 Å². The lowest BCUT2D eigenvalue weighted by molar-refractivity contribution is -0.302. The molecule has 1 heterocycles. The Morgan fingerprint density at radius 2 is 0.833 bits per heavy atom. The van der Waals surface area contributed by atoms with Crippen molar-refractivity contribution in [2.75, 3.05) is 13.2 Å². The van der Waals surface area contributed by atoms with Gasteiger partial charge >= 0.3 is 0 Å². The Kier molecular flexibility index (Phi) is 40.2. The van der Waals surface area contributed by atoms with Gasteiger partial charge in [0.05, 0.1) is 25.4 Å². The van der Waals surface area contributed by atoms with Gasteiger partial charge in [0, 0.05) is 6.42 Å². The van der Waals surface area contributed by atoms with Crippen LogP contribution in [0.3, 0.4) is 0 Å². The Bertz CT molecular complexity index is 908. The highest BCUT2D eigenvalue weighted by atomic mass is 16.7. The zero-order valence-corrected chi connectivity index (χ0v) is 39.5. The Balaban J connectivity index is 2.22. The van der Waals surface area contributed by atoms with Gasteiger partial charge in [-0.15, -0.1) is 0 Å². The lowest BCUT2D eigenvalue weighted by Crippen LogP contribution is -2.60. The highest BCUT2D eigenvalue weighted by Gasteiger charge is 2.44. The smallest absolute Gasteiger partial charge is 0.220 e. The Morgan fingerprint density at radius 3 is 1.18 bits per heavy atom. The molecule has 1 saturated heterocycles. The van der Waals surface area contributed by atoms with Crippen molar-refractivity contribution in [3.63, 3.8) is 0 Å². The molecule has 0 aromatic carbocycles. The molecule has 0 spiro atoms. The van der Waals surface area contributed by atoms with Gasteiger partial charge in [-0.2, -0.15) is 0 Å². The molecule has 0 radical (unpaired) electrons. The molecule has 1 aliphatic heterocycles. The number of aliphatic hydroxyl groups excluding tert-OH is 5. The maximum absolute atomic E-state index is 13.0. The number of ether oxygens (including phenoxy) is 2. The van der Waals surface area contributed by atoms with Crippen LogP contribution in [-0.4, -0.2) is 87.5 Å². The fourth-order valence-electron chi connectivity index (χ4n) is 8.75. The highest BCUT2D eigenvalue weighted by Crippen LogP contribution is 2.23. The van der Waals surface area contributed by atoms with Gasteiger partial charge in [-0.3, -0.25) is 4.79 Å². The molecule has 6 N–H and O–H groups in total. The fourth-order valence-corrected chi connectivity index (χ4v) is 8.75. The van der Waals surface area contributed by atoms with Gasteiger partial charge in [0.25, 0.3) is 0 Å². The first kappa shape index (κ1) is 57.2. The fraction of sp³-hybridized carbons (Fsp3) is 0.980. The van der Waals surface area contributed by atoms with Crippen molar-refractivity contribution in [1.82, 2.24) is 5.32 Å². The average molecular weight is 856 g/mol. The van der Waals surface area contributed by atoms with Gasteiger partial charge in [0.1, 0.15) is 24.4 Å². The molecular formula is C51H101NO8. The number of rotatable bonds is 45. The van der Waals surface area contributed by atoms with E-state index in [4.69, 9.17) is 9.47 Å². The van der Waals surface area contributed by atoms with Crippen molar-refractivity contribution in [3.05, 3.63) is 0 Å². The van der Waals surface area contributed by atoms with Crippen LogP contribution in [0.5, 0.6) is 0 Å². The number of nitrogens with one attached hydrogen (secondary N) is 1. The summed E-state index contributed by atoms with van der Waals surface area (Å²) in [4.78, 5) is 13.0. The quantitative estimate of drug-likeness (QED) is 0.0332. The predicted molar refractivity (Wildman–Crippen MR) is 249 cm³/mol. The number of aliphatic hydroxyl groups is 5. The van der Waals surface area contributed by atoms with E-state index in [1.807, 2.05) is 0 Å². The third-order valence-electron chi connectivity index (χ3n) is 13.0. The second kappa shape index (κ2) is 42.2. The zero-order chi connectivity index (χ0) is 43.7. The molecule has 7 atom stereocenters. The van der Waals surface area contributed by atoms with E-state index in [9.17, 15) is 30.3 Å². The zero-order valence-electron chi connectivity index (χ0n) is 39.5. The second-order valence-electron chi connectivity index (χ2n) is 18.7. The summed E-state index contributed by atoms with van der Waals surface area (Å²) in [6, 6.07) is -0.712. The van der Waals surface area contributed by atoms with E-state index in [-0.39, 0.29) is 12.5 Å². The molecule has 1 fully saturated rings. The minimum atomic E-state index is -1.55. The lowest BCUT2D eigenvalue weighted by atomic mass is 9.99. The van der Waals surface area contributed by atoms with Crippen molar-refractivity contribution in [2.24, 2.45) is 0 Å². The molecule has 0 aromatic heterocycles. The van der Waals surface area contributed by atoms with E-state index in [1.165, 1.54) is 199 Å². The molecule has 0 bridgehead atoms. The van der Waals surface area contributed by atoms with E-state index >= 15 is 0 Å². The lowest BCUT2D eigenvalue weighted by Gasteiger charge is -2.40. The standard InChI is InChI=1S/C51H101NO8/c1-3-5-7-9-11-13-15-17-19-20-21-22-23-24-25-26-27-28-30-32-34-36-38-40-45(54)44(43-59-51-50(58)49(57)48(56)46(42-53)60-51)52-47(55)41-39-37-35-33-31-29-18-16-14-12-10-8-6-4-2/h44-46,48-51,53-54,56-58H,3-43H2,1-2H3,(H,52,55). The van der Waals surface area contributed by atoms with Crippen LogP contribution in [0.15, 0.2) is 0 Å². The number of carbonyl (C=O) groups excluding carboxylic acids is 1. The summed E-state index contributed by atoms with van der Waals surface area (Å²) in [5.41, 5.74) is 0. The van der Waals surface area contributed by atoms with Crippen LogP contribution < -0.4 is 5.32 Å². The summed E-state index contributed by atoms with van der Waals surface area (Å²) in [5, 5.41) is 54.5. The first-order valence-electron chi connectivity index (χ1n) is 26.2. The largest absolute Gasteiger partial charge is 0.394 e. The Labute approximate surface area is 370 Å². The monoisotopic (exact) mass is 856 g/mol. The number of amides is 1. The van der Waals surface area contributed by atoms with Crippen molar-refractivity contribution in [1.29, 1.82) is 0 Å². The molecule has 358 valence electrons. The van der Waals surface area contributed by atoms with E-state index in [0.717, 1.165) is 38.5 Å². The van der Waals surface area contributed by atoms with Crippen LogP contribution in [0, 0.1) is 0 Å². The third-order valence-corrected chi connectivity index (χ3v) is 13.0. The number of unbranched alkanes of at least 4 members (excludes halogenated alkanes) is 35. The van der Waals surface area contributed by atoms with Crippen molar-refractivity contribution in [3.8, 4) is 0 Å². The van der Waals surface area contributed by atoms with Gasteiger partial charge in [-0.25, -0.2) is 0 Å². The minimum Gasteiger partial charge on any atom is -0.394 e. The molecule has 9 heteroatoms. The summed E-state index contributed by atoms with van der Waals surface area (Å²) >= 11 is 0. The van der Waals surface area contributed by atoms with Gasteiger partial charge in [-0.1, -0.05) is 245 Å². The molecule has 1 rings (SSSR count). The summed E-state index contributed by atoms with van der Waals surface area (Å²) in [7, 11) is 0. The highest BCUT2D eigenvalue weighted by molar-refractivity contribution is 5.76. The topological polar surface area (TPSA) is 149 Å². The summed E-state index contributed by atoms with van der Waals surface area (Å²) in [5.74, 6) is -0.139. The van der Waals surface area contributed by atoms with Crippen molar-refractivity contribution in [2.45, 2.75) is 307 Å². The summed E-state index contributed by atoms with van der Waals surface area (Å²) < 4.78 is 11.3. The molecule has 9 nitrogen and oxygen atoms in total. The summed E-state index contributed by atoms with van der Waals surface area (Å²) in [6.45, 7) is 3.87.